The number of halogens is 4. The zero-order chi connectivity index (χ0) is 10.7. The van der Waals surface area contributed by atoms with Gasteiger partial charge < -0.3 is 9.73 Å². The molecule has 1 aromatic heterocycles. The van der Waals surface area contributed by atoms with Crippen molar-refractivity contribution < 1.29 is 4.42 Å². The van der Waals surface area contributed by atoms with E-state index in [2.05, 4.69) is 10.3 Å². The highest BCUT2D eigenvalue weighted by atomic mass is 35.5. The average Bonchev–Trinajstić information content (AvgIpc) is 2.69. The summed E-state index contributed by atoms with van der Waals surface area (Å²) in [7, 11) is 0. The van der Waals surface area contributed by atoms with Crippen molar-refractivity contribution >= 4 is 54.0 Å². The minimum Gasteiger partial charge on any atom is -0.432 e. The van der Waals surface area contributed by atoms with E-state index in [0.717, 1.165) is 5.56 Å². The number of benzene rings is 1. The number of oxazole rings is 1. The smallest absolute Gasteiger partial charge is 0.294 e. The molecule has 0 bridgehead atoms. The van der Waals surface area contributed by atoms with Crippen molar-refractivity contribution in [1.82, 2.24) is 4.98 Å². The Bertz CT molecular complexity index is 448. The molecule has 3 nitrogen and oxygen atoms in total. The van der Waals surface area contributed by atoms with Crippen LogP contribution in [0.2, 0.25) is 10.0 Å². The summed E-state index contributed by atoms with van der Waals surface area (Å²) in [5.41, 5.74) is 0.944. The van der Waals surface area contributed by atoms with Gasteiger partial charge in [-0.2, -0.15) is 0 Å². The lowest BCUT2D eigenvalue weighted by Crippen LogP contribution is -1.99. The van der Waals surface area contributed by atoms with Crippen molar-refractivity contribution in [1.29, 1.82) is 0 Å². The average molecular weight is 316 g/mol. The number of nitrogens with one attached hydrogen (secondary N) is 1. The molecular formula is C10H10Cl4N2O. The van der Waals surface area contributed by atoms with E-state index in [1.807, 2.05) is 6.07 Å². The molecule has 0 atom stereocenters. The molecule has 0 aliphatic carbocycles. The minimum atomic E-state index is 0. The van der Waals surface area contributed by atoms with Crippen molar-refractivity contribution in [3.05, 3.63) is 46.3 Å². The van der Waals surface area contributed by atoms with Crippen molar-refractivity contribution in [2.75, 3.05) is 5.32 Å². The Kier molecular flexibility index (Phi) is 7.39. The maximum absolute atomic E-state index is 5.99. The van der Waals surface area contributed by atoms with Crippen LogP contribution in [0.25, 0.3) is 0 Å². The second kappa shape index (κ2) is 7.67. The van der Waals surface area contributed by atoms with Gasteiger partial charge in [-0.05, 0) is 17.7 Å². The van der Waals surface area contributed by atoms with Gasteiger partial charge in [0.1, 0.15) is 6.26 Å². The molecule has 0 amide bonds. The van der Waals surface area contributed by atoms with Crippen LogP contribution in [0.4, 0.5) is 6.01 Å². The van der Waals surface area contributed by atoms with Crippen LogP contribution >= 0.6 is 48.0 Å². The van der Waals surface area contributed by atoms with E-state index in [9.17, 15) is 0 Å². The fourth-order valence-corrected chi connectivity index (χ4v) is 1.62. The summed E-state index contributed by atoms with van der Waals surface area (Å²) in [6.07, 6.45) is 3.08. The van der Waals surface area contributed by atoms with Crippen molar-refractivity contribution in [2.24, 2.45) is 0 Å². The number of anilines is 1. The van der Waals surface area contributed by atoms with Crippen LogP contribution < -0.4 is 5.32 Å². The number of hydrogen-bond donors (Lipinski definition) is 1. The van der Waals surface area contributed by atoms with E-state index in [1.54, 1.807) is 18.3 Å². The van der Waals surface area contributed by atoms with E-state index < -0.39 is 0 Å². The van der Waals surface area contributed by atoms with Crippen LogP contribution in [0, 0.1) is 0 Å². The van der Waals surface area contributed by atoms with E-state index in [4.69, 9.17) is 27.6 Å². The Morgan fingerprint density at radius 2 is 2.00 bits per heavy atom. The monoisotopic (exact) mass is 314 g/mol. The molecule has 0 saturated heterocycles. The highest BCUT2D eigenvalue weighted by Crippen LogP contribution is 2.21. The molecule has 0 radical (unpaired) electrons. The molecule has 0 spiro atoms. The predicted octanol–water partition coefficient (Wildman–Crippen LogP) is 4.44. The van der Waals surface area contributed by atoms with E-state index in [1.165, 1.54) is 6.26 Å². The third-order valence-corrected chi connectivity index (χ3v) is 2.46. The fourth-order valence-electron chi connectivity index (χ4n) is 1.15. The largest absolute Gasteiger partial charge is 0.432 e. The van der Waals surface area contributed by atoms with Crippen molar-refractivity contribution in [3.8, 4) is 0 Å². The summed E-state index contributed by atoms with van der Waals surface area (Å²) in [4.78, 5) is 3.93. The predicted molar refractivity (Wildman–Crippen MR) is 74.8 cm³/mol. The summed E-state index contributed by atoms with van der Waals surface area (Å²) < 4.78 is 5.03. The lowest BCUT2D eigenvalue weighted by molar-refractivity contribution is 0.571. The second-order valence-electron chi connectivity index (χ2n) is 2.93. The first-order chi connectivity index (χ1) is 7.25. The normalized spacial score (nSPS) is 9.06. The third-order valence-electron chi connectivity index (χ3n) is 1.88. The molecule has 7 heteroatoms. The first-order valence-corrected chi connectivity index (χ1v) is 5.08. The lowest BCUT2D eigenvalue weighted by atomic mass is 10.2. The summed E-state index contributed by atoms with van der Waals surface area (Å²) in [5.74, 6) is 0. The quantitative estimate of drug-likeness (QED) is 0.910. The van der Waals surface area contributed by atoms with Gasteiger partial charge in [0.25, 0.3) is 6.01 Å². The Balaban J connectivity index is 0.00000128. The van der Waals surface area contributed by atoms with Gasteiger partial charge in [-0.1, -0.05) is 29.3 Å². The lowest BCUT2D eigenvalue weighted by Gasteiger charge is -2.04. The van der Waals surface area contributed by atoms with Gasteiger partial charge in [0.15, 0.2) is 0 Å². The zero-order valence-electron chi connectivity index (χ0n) is 8.52. The maximum atomic E-state index is 5.99. The summed E-state index contributed by atoms with van der Waals surface area (Å²) in [6.45, 7) is 0.552. The molecule has 17 heavy (non-hydrogen) atoms. The molecule has 94 valence electrons. The van der Waals surface area contributed by atoms with Crippen LogP contribution in [-0.4, -0.2) is 4.98 Å². The van der Waals surface area contributed by atoms with Gasteiger partial charge >= 0.3 is 0 Å². The van der Waals surface area contributed by atoms with Crippen LogP contribution in [-0.2, 0) is 6.54 Å². The molecular weight excluding hydrogens is 306 g/mol. The summed E-state index contributed by atoms with van der Waals surface area (Å²) in [5, 5.41) is 4.25. The SMILES string of the molecule is Cl.Cl.Clc1ccc(CNc2ncco2)c(Cl)c1. The topological polar surface area (TPSA) is 38.1 Å². The van der Waals surface area contributed by atoms with E-state index in [-0.39, 0.29) is 24.8 Å². The molecule has 1 heterocycles. The number of aromatic nitrogens is 1. The van der Waals surface area contributed by atoms with Crippen LogP contribution in [0.5, 0.6) is 0 Å². The Hall–Kier alpha value is -0.610. The first-order valence-electron chi connectivity index (χ1n) is 4.33. The fraction of sp³-hybridized carbons (Fsp3) is 0.100. The third kappa shape index (κ3) is 4.64. The summed E-state index contributed by atoms with van der Waals surface area (Å²) in [6, 6.07) is 5.83. The molecule has 0 unspecified atom stereocenters. The maximum Gasteiger partial charge on any atom is 0.294 e. The molecule has 2 aromatic rings. The molecule has 0 fully saturated rings. The Morgan fingerprint density at radius 3 is 2.59 bits per heavy atom. The zero-order valence-corrected chi connectivity index (χ0v) is 11.7. The Labute approximate surface area is 121 Å². The standard InChI is InChI=1S/C10H8Cl2N2O.2ClH/c11-8-2-1-7(9(12)5-8)6-14-10-13-3-4-15-10;;/h1-5H,6H2,(H,13,14);2*1H. The van der Waals surface area contributed by atoms with Gasteiger partial charge in [0, 0.05) is 16.6 Å². The number of rotatable bonds is 3. The van der Waals surface area contributed by atoms with Crippen LogP contribution in [0.15, 0.2) is 35.1 Å². The highest BCUT2D eigenvalue weighted by Gasteiger charge is 2.02. The van der Waals surface area contributed by atoms with Gasteiger partial charge in [0.05, 0.1) is 6.20 Å². The highest BCUT2D eigenvalue weighted by molar-refractivity contribution is 6.35. The number of nitrogens with zero attached hydrogens (tertiary/aromatic N) is 1. The van der Waals surface area contributed by atoms with E-state index in [0.29, 0.717) is 22.6 Å². The van der Waals surface area contributed by atoms with Gasteiger partial charge in [-0.15, -0.1) is 24.8 Å². The van der Waals surface area contributed by atoms with Gasteiger partial charge in [0.2, 0.25) is 0 Å². The first kappa shape index (κ1) is 16.4. The van der Waals surface area contributed by atoms with Crippen LogP contribution in [0.1, 0.15) is 5.56 Å². The van der Waals surface area contributed by atoms with Crippen molar-refractivity contribution in [3.63, 3.8) is 0 Å². The molecule has 0 saturated carbocycles. The molecule has 0 aliphatic heterocycles. The minimum absolute atomic E-state index is 0. The summed E-state index contributed by atoms with van der Waals surface area (Å²) >= 11 is 11.8. The van der Waals surface area contributed by atoms with Gasteiger partial charge in [-0.25, -0.2) is 4.98 Å². The molecule has 2 rings (SSSR count). The number of hydrogen-bond acceptors (Lipinski definition) is 3. The van der Waals surface area contributed by atoms with Crippen LogP contribution in [0.3, 0.4) is 0 Å². The molecule has 0 aliphatic rings. The second-order valence-corrected chi connectivity index (χ2v) is 3.77. The van der Waals surface area contributed by atoms with Crippen molar-refractivity contribution in [2.45, 2.75) is 6.54 Å². The molecule has 1 aromatic carbocycles. The Morgan fingerprint density at radius 1 is 1.24 bits per heavy atom. The van der Waals surface area contributed by atoms with Gasteiger partial charge in [-0.3, -0.25) is 0 Å². The molecule has 1 N–H and O–H groups in total. The van der Waals surface area contributed by atoms with E-state index >= 15 is 0 Å².